The first-order valence-electron chi connectivity index (χ1n) is 6.47. The molecule has 2 heterocycles. The molecule has 0 aliphatic carbocycles. The maximum absolute atomic E-state index is 12.1. The molecule has 0 saturated carbocycles. The highest BCUT2D eigenvalue weighted by molar-refractivity contribution is 5.94. The largest absolute Gasteiger partial charge is 0.383 e. The predicted molar refractivity (Wildman–Crippen MR) is 76.5 cm³/mol. The number of hydrogen-bond acceptors (Lipinski definition) is 6. The first-order valence-corrected chi connectivity index (χ1v) is 6.47. The van der Waals surface area contributed by atoms with E-state index >= 15 is 0 Å². The monoisotopic (exact) mass is 290 g/mol. The smallest absolute Gasteiger partial charge is 0.255 e. The van der Waals surface area contributed by atoms with Crippen molar-refractivity contribution < 1.29 is 9.53 Å². The molecule has 3 N–H and O–H groups in total. The van der Waals surface area contributed by atoms with Crippen LogP contribution in [0.3, 0.4) is 0 Å². The molecule has 0 fully saturated rings. The number of aromatic nitrogens is 4. The standard InChI is InChI=1S/C13H18N6O2/c1-9-11(7-17-13(14)18-9)12(20)16-6-10-5-15-8-19(10)3-4-21-2/h5,7-8H,3-4,6H2,1-2H3,(H,16,20)(H2,14,17,18). The molecular weight excluding hydrogens is 272 g/mol. The number of methoxy groups -OCH3 is 1. The zero-order valence-corrected chi connectivity index (χ0v) is 12.0. The van der Waals surface area contributed by atoms with Gasteiger partial charge in [-0.25, -0.2) is 15.0 Å². The Morgan fingerprint density at radius 1 is 1.48 bits per heavy atom. The van der Waals surface area contributed by atoms with Crippen molar-refractivity contribution in [3.05, 3.63) is 35.7 Å². The molecule has 0 aliphatic rings. The summed E-state index contributed by atoms with van der Waals surface area (Å²) in [6.45, 7) is 3.36. The summed E-state index contributed by atoms with van der Waals surface area (Å²) in [6.07, 6.45) is 4.84. The fourth-order valence-corrected chi connectivity index (χ4v) is 1.86. The lowest BCUT2D eigenvalue weighted by Crippen LogP contribution is -2.25. The van der Waals surface area contributed by atoms with Gasteiger partial charge in [-0.2, -0.15) is 0 Å². The van der Waals surface area contributed by atoms with Crippen LogP contribution in [0.1, 0.15) is 21.7 Å². The molecular formula is C13H18N6O2. The molecule has 8 nitrogen and oxygen atoms in total. The molecule has 0 unspecified atom stereocenters. The van der Waals surface area contributed by atoms with Gasteiger partial charge in [0.2, 0.25) is 5.95 Å². The second-order valence-electron chi connectivity index (χ2n) is 4.48. The van der Waals surface area contributed by atoms with Crippen molar-refractivity contribution >= 4 is 11.9 Å². The minimum Gasteiger partial charge on any atom is -0.383 e. The Labute approximate surface area is 122 Å². The lowest BCUT2D eigenvalue weighted by Gasteiger charge is -2.09. The number of anilines is 1. The number of carbonyl (C=O) groups excluding carboxylic acids is 1. The van der Waals surface area contributed by atoms with Crippen molar-refractivity contribution in [2.75, 3.05) is 19.5 Å². The van der Waals surface area contributed by atoms with Gasteiger partial charge >= 0.3 is 0 Å². The molecule has 0 atom stereocenters. The highest BCUT2D eigenvalue weighted by Gasteiger charge is 2.11. The molecule has 0 aromatic carbocycles. The van der Waals surface area contributed by atoms with Crippen LogP contribution in [0.4, 0.5) is 5.95 Å². The normalized spacial score (nSPS) is 10.6. The van der Waals surface area contributed by atoms with Crippen LogP contribution >= 0.6 is 0 Å². The summed E-state index contributed by atoms with van der Waals surface area (Å²) in [7, 11) is 1.64. The zero-order chi connectivity index (χ0) is 15.2. The van der Waals surface area contributed by atoms with E-state index in [1.165, 1.54) is 6.20 Å². The van der Waals surface area contributed by atoms with Gasteiger partial charge in [-0.05, 0) is 6.92 Å². The number of nitrogens with one attached hydrogen (secondary N) is 1. The number of carbonyl (C=O) groups is 1. The molecule has 0 radical (unpaired) electrons. The van der Waals surface area contributed by atoms with Crippen LogP contribution in [0.25, 0.3) is 0 Å². The summed E-state index contributed by atoms with van der Waals surface area (Å²) < 4.78 is 6.95. The third-order valence-corrected chi connectivity index (χ3v) is 3.01. The van der Waals surface area contributed by atoms with E-state index in [-0.39, 0.29) is 11.9 Å². The molecule has 0 aliphatic heterocycles. The molecule has 2 aromatic heterocycles. The van der Waals surface area contributed by atoms with Crippen LogP contribution in [0.5, 0.6) is 0 Å². The Morgan fingerprint density at radius 3 is 3.00 bits per heavy atom. The molecule has 0 saturated heterocycles. The summed E-state index contributed by atoms with van der Waals surface area (Å²) in [5.74, 6) is -0.0892. The van der Waals surface area contributed by atoms with Crippen molar-refractivity contribution in [3.63, 3.8) is 0 Å². The molecule has 8 heteroatoms. The number of nitrogens with zero attached hydrogens (tertiary/aromatic N) is 4. The van der Waals surface area contributed by atoms with Gasteiger partial charge in [-0.1, -0.05) is 0 Å². The van der Waals surface area contributed by atoms with E-state index in [1.807, 2.05) is 4.57 Å². The Kier molecular flexibility index (Phi) is 4.83. The van der Waals surface area contributed by atoms with Crippen LogP contribution < -0.4 is 11.1 Å². The fourth-order valence-electron chi connectivity index (χ4n) is 1.86. The Bertz CT molecular complexity index is 625. The van der Waals surface area contributed by atoms with Crippen molar-refractivity contribution in [2.24, 2.45) is 0 Å². The van der Waals surface area contributed by atoms with Gasteiger partial charge in [0.05, 0.1) is 36.4 Å². The number of aryl methyl sites for hydroxylation is 1. The van der Waals surface area contributed by atoms with Crippen LogP contribution in [0.15, 0.2) is 18.7 Å². The van der Waals surface area contributed by atoms with Gasteiger partial charge in [0.1, 0.15) is 0 Å². The quantitative estimate of drug-likeness (QED) is 0.783. The van der Waals surface area contributed by atoms with Gasteiger partial charge in [-0.15, -0.1) is 0 Å². The van der Waals surface area contributed by atoms with Gasteiger partial charge < -0.3 is 20.4 Å². The lowest BCUT2D eigenvalue weighted by molar-refractivity contribution is 0.0948. The SMILES string of the molecule is COCCn1cncc1CNC(=O)c1cnc(N)nc1C. The van der Waals surface area contributed by atoms with E-state index in [0.29, 0.717) is 31.0 Å². The first-order chi connectivity index (χ1) is 10.1. The molecule has 2 aromatic rings. The molecule has 112 valence electrons. The summed E-state index contributed by atoms with van der Waals surface area (Å²) in [5, 5.41) is 2.82. The fraction of sp³-hybridized carbons (Fsp3) is 0.385. The number of amides is 1. The van der Waals surface area contributed by atoms with Gasteiger partial charge in [0.25, 0.3) is 5.91 Å². The summed E-state index contributed by atoms with van der Waals surface area (Å²) >= 11 is 0. The van der Waals surface area contributed by atoms with E-state index in [1.54, 1.807) is 26.6 Å². The van der Waals surface area contributed by atoms with E-state index in [2.05, 4.69) is 20.3 Å². The number of hydrogen-bond donors (Lipinski definition) is 2. The predicted octanol–water partition coefficient (Wildman–Crippen LogP) is 0.140. The van der Waals surface area contributed by atoms with Crippen LogP contribution in [-0.4, -0.2) is 39.1 Å². The average molecular weight is 290 g/mol. The zero-order valence-electron chi connectivity index (χ0n) is 12.0. The minimum absolute atomic E-state index is 0.154. The van der Waals surface area contributed by atoms with Crippen molar-refractivity contribution in [3.8, 4) is 0 Å². The Morgan fingerprint density at radius 2 is 2.29 bits per heavy atom. The average Bonchev–Trinajstić information content (AvgIpc) is 2.90. The number of nitrogen functional groups attached to an aromatic ring is 1. The van der Waals surface area contributed by atoms with Crippen molar-refractivity contribution in [2.45, 2.75) is 20.0 Å². The summed E-state index contributed by atoms with van der Waals surface area (Å²) in [4.78, 5) is 24.0. The van der Waals surface area contributed by atoms with E-state index < -0.39 is 0 Å². The first kappa shape index (κ1) is 14.9. The second kappa shape index (κ2) is 6.80. The summed E-state index contributed by atoms with van der Waals surface area (Å²) in [5.41, 5.74) is 7.32. The molecule has 2 rings (SSSR count). The van der Waals surface area contributed by atoms with Gasteiger partial charge in [0.15, 0.2) is 0 Å². The number of rotatable bonds is 6. The molecule has 0 bridgehead atoms. The van der Waals surface area contributed by atoms with Gasteiger partial charge in [0, 0.05) is 26.0 Å². The molecule has 0 spiro atoms. The highest BCUT2D eigenvalue weighted by atomic mass is 16.5. The lowest BCUT2D eigenvalue weighted by atomic mass is 10.2. The number of ether oxygens (including phenoxy) is 1. The Hall–Kier alpha value is -2.48. The van der Waals surface area contributed by atoms with Crippen LogP contribution in [0, 0.1) is 6.92 Å². The highest BCUT2D eigenvalue weighted by Crippen LogP contribution is 2.06. The molecule has 21 heavy (non-hydrogen) atoms. The molecule has 1 amide bonds. The van der Waals surface area contributed by atoms with E-state index in [4.69, 9.17) is 10.5 Å². The minimum atomic E-state index is -0.244. The van der Waals surface area contributed by atoms with E-state index in [0.717, 1.165) is 5.69 Å². The van der Waals surface area contributed by atoms with Crippen LogP contribution in [0.2, 0.25) is 0 Å². The van der Waals surface area contributed by atoms with Crippen molar-refractivity contribution in [1.82, 2.24) is 24.8 Å². The number of imidazole rings is 1. The maximum Gasteiger partial charge on any atom is 0.255 e. The third-order valence-electron chi connectivity index (χ3n) is 3.01. The summed E-state index contributed by atoms with van der Waals surface area (Å²) in [6, 6.07) is 0. The number of nitrogens with two attached hydrogens (primary N) is 1. The van der Waals surface area contributed by atoms with Crippen LogP contribution in [-0.2, 0) is 17.8 Å². The maximum atomic E-state index is 12.1. The second-order valence-corrected chi connectivity index (χ2v) is 4.48. The topological polar surface area (TPSA) is 108 Å². The Balaban J connectivity index is 1.99. The van der Waals surface area contributed by atoms with Crippen molar-refractivity contribution in [1.29, 1.82) is 0 Å². The third kappa shape index (κ3) is 3.76. The van der Waals surface area contributed by atoms with E-state index in [9.17, 15) is 4.79 Å². The van der Waals surface area contributed by atoms with Gasteiger partial charge in [-0.3, -0.25) is 4.79 Å².